The number of carbonyl (C=O) groups is 3. The van der Waals surface area contributed by atoms with Gasteiger partial charge in [0.2, 0.25) is 0 Å². The standard InChI is InChI=1S/C25H26O6Te/c1-18(26)29-24(15-21-9-5-4-6-10-21)17-32(30-19(2)27,31-20(3)28)25-14-13-22-11-7-8-12-23(22)16-25/h4-14,16,24H,15,17H2,1-3H3. The molecule has 3 aromatic rings. The van der Waals surface area contributed by atoms with Crippen molar-refractivity contribution in [2.75, 3.05) is 0 Å². The minimum absolute atomic E-state index is 0.133. The molecule has 0 aliphatic carbocycles. The Labute approximate surface area is 192 Å². The van der Waals surface area contributed by atoms with Crippen LogP contribution in [-0.4, -0.2) is 43.0 Å². The van der Waals surface area contributed by atoms with Crippen molar-refractivity contribution < 1.29 is 25.3 Å². The Bertz CT molecular complexity index is 1100. The summed E-state index contributed by atoms with van der Waals surface area (Å²) >= 11 is -4.38. The Morgan fingerprint density at radius 1 is 0.750 bits per heavy atom. The number of fused-ring (bicyclic) bond motifs is 1. The number of carbonyl (C=O) groups excluding carboxylic acids is 3. The Kier molecular flexibility index (Phi) is 7.89. The predicted octanol–water partition coefficient (Wildman–Crippen LogP) is 3.79. The number of rotatable bonds is 8. The SMILES string of the molecule is CC(=O)OC(Cc1ccccc1)C[Te](OC(C)=O)(OC(C)=O)c1ccc2ccccc2c1. The monoisotopic (exact) mass is 552 g/mol. The van der Waals surface area contributed by atoms with Crippen molar-refractivity contribution in [3.63, 3.8) is 0 Å². The summed E-state index contributed by atoms with van der Waals surface area (Å²) in [6.07, 6.45) is -0.217. The van der Waals surface area contributed by atoms with Gasteiger partial charge in [-0.2, -0.15) is 0 Å². The number of benzene rings is 3. The third-order valence-corrected chi connectivity index (χ3v) is 12.6. The molecular weight excluding hydrogens is 524 g/mol. The summed E-state index contributed by atoms with van der Waals surface area (Å²) in [5.41, 5.74) is 0.958. The van der Waals surface area contributed by atoms with E-state index in [9.17, 15) is 14.4 Å². The van der Waals surface area contributed by atoms with Crippen molar-refractivity contribution in [3.8, 4) is 0 Å². The molecule has 0 saturated heterocycles. The molecule has 0 spiro atoms. The third-order valence-electron chi connectivity index (χ3n) is 4.63. The van der Waals surface area contributed by atoms with Gasteiger partial charge in [0, 0.05) is 0 Å². The van der Waals surface area contributed by atoms with E-state index < -0.39 is 43.0 Å². The Hall–Kier alpha value is -2.88. The number of esters is 1. The summed E-state index contributed by atoms with van der Waals surface area (Å²) in [4.78, 5) is 36.2. The van der Waals surface area contributed by atoms with Gasteiger partial charge in [0.25, 0.3) is 0 Å². The summed E-state index contributed by atoms with van der Waals surface area (Å²) in [6.45, 7) is 3.92. The average Bonchev–Trinajstić information content (AvgIpc) is 2.72. The summed E-state index contributed by atoms with van der Waals surface area (Å²) < 4.78 is 18.1. The van der Waals surface area contributed by atoms with Crippen LogP contribution in [-0.2, 0) is 31.7 Å². The maximum atomic E-state index is 12.2. The van der Waals surface area contributed by atoms with E-state index in [-0.39, 0.29) is 4.47 Å². The second-order valence-corrected chi connectivity index (χ2v) is 14.1. The molecule has 0 bridgehead atoms. The van der Waals surface area contributed by atoms with E-state index in [1.54, 1.807) is 0 Å². The van der Waals surface area contributed by atoms with E-state index in [0.717, 1.165) is 16.3 Å². The van der Waals surface area contributed by atoms with Crippen molar-refractivity contribution in [3.05, 3.63) is 78.4 Å². The maximum absolute atomic E-state index is 12.2. The molecule has 0 N–H and O–H groups in total. The van der Waals surface area contributed by atoms with E-state index in [1.165, 1.54) is 20.8 Å². The molecule has 0 amide bonds. The Morgan fingerprint density at radius 3 is 1.94 bits per heavy atom. The molecule has 3 aromatic carbocycles. The molecule has 168 valence electrons. The first-order valence-electron chi connectivity index (χ1n) is 10.2. The van der Waals surface area contributed by atoms with Crippen LogP contribution in [0.4, 0.5) is 0 Å². The average molecular weight is 550 g/mol. The summed E-state index contributed by atoms with van der Waals surface area (Å²) in [5.74, 6) is -1.53. The predicted molar refractivity (Wildman–Crippen MR) is 123 cm³/mol. The van der Waals surface area contributed by atoms with Gasteiger partial charge in [0.15, 0.2) is 0 Å². The van der Waals surface area contributed by atoms with Crippen LogP contribution in [0.5, 0.6) is 0 Å². The van der Waals surface area contributed by atoms with Crippen LogP contribution in [0.3, 0.4) is 0 Å². The number of hydrogen-bond acceptors (Lipinski definition) is 6. The van der Waals surface area contributed by atoms with Crippen LogP contribution < -0.4 is 3.61 Å². The zero-order valence-electron chi connectivity index (χ0n) is 18.3. The van der Waals surface area contributed by atoms with Crippen molar-refractivity contribution >= 4 is 51.3 Å². The van der Waals surface area contributed by atoms with E-state index in [1.807, 2.05) is 72.8 Å². The number of ether oxygens (including phenoxy) is 1. The first-order chi connectivity index (χ1) is 15.3. The molecule has 0 aliphatic heterocycles. The fourth-order valence-electron chi connectivity index (χ4n) is 3.51. The molecule has 7 heteroatoms. The fraction of sp³-hybridized carbons (Fsp3) is 0.240. The molecule has 6 nitrogen and oxygen atoms in total. The van der Waals surface area contributed by atoms with E-state index >= 15 is 0 Å². The zero-order chi connectivity index (χ0) is 23.1. The quantitative estimate of drug-likeness (QED) is 0.314. The second kappa shape index (κ2) is 10.6. The first kappa shape index (κ1) is 23.8. The summed E-state index contributed by atoms with van der Waals surface area (Å²) in [7, 11) is 0. The van der Waals surface area contributed by atoms with Gasteiger partial charge in [-0.25, -0.2) is 0 Å². The van der Waals surface area contributed by atoms with Crippen molar-refractivity contribution in [1.29, 1.82) is 0 Å². The molecule has 0 aromatic heterocycles. The Balaban J connectivity index is 2.08. The third kappa shape index (κ3) is 6.32. The molecule has 32 heavy (non-hydrogen) atoms. The van der Waals surface area contributed by atoms with E-state index in [4.69, 9.17) is 10.9 Å². The molecule has 0 radical (unpaired) electrons. The molecular formula is C25H26O6Te. The van der Waals surface area contributed by atoms with Gasteiger partial charge in [0.1, 0.15) is 0 Å². The number of hydrogen-bond donors (Lipinski definition) is 0. The molecule has 1 atom stereocenters. The van der Waals surface area contributed by atoms with Gasteiger partial charge in [-0.1, -0.05) is 0 Å². The topological polar surface area (TPSA) is 78.9 Å². The fourth-order valence-corrected chi connectivity index (χ4v) is 10.8. The first-order valence-corrected chi connectivity index (χ1v) is 14.9. The summed E-state index contributed by atoms with van der Waals surface area (Å²) in [6, 6.07) is 23.0. The van der Waals surface area contributed by atoms with Crippen LogP contribution >= 0.6 is 0 Å². The summed E-state index contributed by atoms with van der Waals surface area (Å²) in [5, 5.41) is 1.95. The van der Waals surface area contributed by atoms with Crippen LogP contribution in [0.1, 0.15) is 26.3 Å². The van der Waals surface area contributed by atoms with Crippen LogP contribution in [0.15, 0.2) is 72.8 Å². The molecule has 0 aliphatic rings. The van der Waals surface area contributed by atoms with Crippen LogP contribution in [0.25, 0.3) is 10.8 Å². The van der Waals surface area contributed by atoms with Gasteiger partial charge < -0.3 is 0 Å². The van der Waals surface area contributed by atoms with Crippen molar-refractivity contribution in [2.45, 2.75) is 37.8 Å². The molecule has 3 rings (SSSR count). The van der Waals surface area contributed by atoms with Crippen molar-refractivity contribution in [1.82, 2.24) is 0 Å². The normalized spacial score (nSPS) is 12.6. The van der Waals surface area contributed by atoms with Gasteiger partial charge in [-0.05, 0) is 0 Å². The van der Waals surface area contributed by atoms with Crippen LogP contribution in [0.2, 0.25) is 4.47 Å². The van der Waals surface area contributed by atoms with E-state index in [0.29, 0.717) is 10.0 Å². The molecule has 0 saturated carbocycles. The second-order valence-electron chi connectivity index (χ2n) is 7.36. The van der Waals surface area contributed by atoms with Gasteiger partial charge in [0.05, 0.1) is 0 Å². The molecule has 1 unspecified atom stereocenters. The molecule has 0 heterocycles. The van der Waals surface area contributed by atoms with Gasteiger partial charge in [-0.3, -0.25) is 0 Å². The van der Waals surface area contributed by atoms with Gasteiger partial charge >= 0.3 is 193 Å². The Morgan fingerprint density at radius 2 is 1.34 bits per heavy atom. The van der Waals surface area contributed by atoms with Crippen LogP contribution in [0, 0.1) is 0 Å². The van der Waals surface area contributed by atoms with E-state index in [2.05, 4.69) is 0 Å². The van der Waals surface area contributed by atoms with Crippen molar-refractivity contribution in [2.24, 2.45) is 0 Å². The minimum atomic E-state index is -4.38. The zero-order valence-corrected chi connectivity index (χ0v) is 20.6. The molecule has 0 fully saturated rings. The van der Waals surface area contributed by atoms with Gasteiger partial charge in [-0.15, -0.1) is 0 Å².